The minimum Gasteiger partial charge on any atom is -0.492 e. The summed E-state index contributed by atoms with van der Waals surface area (Å²) >= 11 is 0. The molecule has 1 aromatic rings. The monoisotopic (exact) mass is 249 g/mol. The lowest BCUT2D eigenvalue weighted by atomic mass is 9.87. The second-order valence-electron chi connectivity index (χ2n) is 7.06. The number of rotatable bonds is 3. The minimum atomic E-state index is 0.0415. The van der Waals surface area contributed by atoms with Crippen LogP contribution >= 0.6 is 0 Å². The summed E-state index contributed by atoms with van der Waals surface area (Å²) in [6, 6.07) is 8.33. The summed E-state index contributed by atoms with van der Waals surface area (Å²) in [5.41, 5.74) is 7.64. The molecular weight excluding hydrogens is 222 g/mol. The molecule has 0 saturated heterocycles. The zero-order valence-electron chi connectivity index (χ0n) is 12.6. The summed E-state index contributed by atoms with van der Waals surface area (Å²) in [5, 5.41) is 0. The van der Waals surface area contributed by atoms with Gasteiger partial charge in [-0.1, -0.05) is 53.7 Å². The van der Waals surface area contributed by atoms with Crippen LogP contribution in [-0.2, 0) is 5.41 Å². The van der Waals surface area contributed by atoms with Gasteiger partial charge in [0, 0.05) is 6.04 Å². The summed E-state index contributed by atoms with van der Waals surface area (Å²) in [6.45, 7) is 13.6. The lowest BCUT2D eigenvalue weighted by molar-refractivity contribution is 0.205. The van der Waals surface area contributed by atoms with E-state index >= 15 is 0 Å². The molecule has 0 amide bonds. The average molecular weight is 249 g/mol. The van der Waals surface area contributed by atoms with Crippen LogP contribution in [0.1, 0.15) is 47.1 Å². The van der Waals surface area contributed by atoms with Crippen LogP contribution in [0.5, 0.6) is 5.75 Å². The van der Waals surface area contributed by atoms with Crippen molar-refractivity contribution in [3.05, 3.63) is 29.8 Å². The van der Waals surface area contributed by atoms with E-state index in [0.29, 0.717) is 6.61 Å². The Balaban J connectivity index is 2.60. The number of benzene rings is 1. The SMILES string of the molecule is CC(C)(C)c1ccc(OCC(N)C(C)(C)C)cc1. The highest BCUT2D eigenvalue weighted by atomic mass is 16.5. The molecule has 0 spiro atoms. The van der Waals surface area contributed by atoms with Crippen LogP contribution in [0.15, 0.2) is 24.3 Å². The maximum Gasteiger partial charge on any atom is 0.119 e. The summed E-state index contributed by atoms with van der Waals surface area (Å²) < 4.78 is 5.74. The van der Waals surface area contributed by atoms with E-state index in [4.69, 9.17) is 10.5 Å². The van der Waals surface area contributed by atoms with Gasteiger partial charge >= 0.3 is 0 Å². The summed E-state index contributed by atoms with van der Waals surface area (Å²) in [6.07, 6.45) is 0. The van der Waals surface area contributed by atoms with E-state index < -0.39 is 0 Å². The van der Waals surface area contributed by atoms with Crippen molar-refractivity contribution in [3.63, 3.8) is 0 Å². The molecule has 0 aromatic heterocycles. The first kappa shape index (κ1) is 15.0. The Hall–Kier alpha value is -1.02. The Morgan fingerprint density at radius 2 is 1.50 bits per heavy atom. The minimum absolute atomic E-state index is 0.0415. The predicted molar refractivity (Wildman–Crippen MR) is 78.1 cm³/mol. The Kier molecular flexibility index (Phi) is 4.44. The topological polar surface area (TPSA) is 35.2 Å². The molecule has 0 heterocycles. The second-order valence-corrected chi connectivity index (χ2v) is 7.06. The Morgan fingerprint density at radius 1 is 1.00 bits per heavy atom. The number of ether oxygens (including phenoxy) is 1. The molecule has 0 fully saturated rings. The van der Waals surface area contributed by atoms with Crippen molar-refractivity contribution >= 4 is 0 Å². The van der Waals surface area contributed by atoms with Crippen LogP contribution < -0.4 is 10.5 Å². The summed E-state index contributed by atoms with van der Waals surface area (Å²) in [4.78, 5) is 0. The van der Waals surface area contributed by atoms with E-state index in [2.05, 4.69) is 53.7 Å². The summed E-state index contributed by atoms with van der Waals surface area (Å²) in [5.74, 6) is 0.891. The molecule has 18 heavy (non-hydrogen) atoms. The van der Waals surface area contributed by atoms with E-state index in [1.807, 2.05) is 12.1 Å². The highest BCUT2D eigenvalue weighted by Crippen LogP contribution is 2.25. The van der Waals surface area contributed by atoms with Crippen LogP contribution in [-0.4, -0.2) is 12.6 Å². The van der Waals surface area contributed by atoms with Crippen molar-refractivity contribution < 1.29 is 4.74 Å². The van der Waals surface area contributed by atoms with Crippen molar-refractivity contribution in [2.24, 2.45) is 11.1 Å². The molecule has 1 unspecified atom stereocenters. The number of hydrogen-bond donors (Lipinski definition) is 1. The molecular formula is C16H27NO. The van der Waals surface area contributed by atoms with Crippen LogP contribution in [0.25, 0.3) is 0 Å². The van der Waals surface area contributed by atoms with Gasteiger partial charge in [0.05, 0.1) is 0 Å². The van der Waals surface area contributed by atoms with Gasteiger partial charge in [0.25, 0.3) is 0 Å². The third kappa shape index (κ3) is 4.34. The maximum atomic E-state index is 6.07. The lowest BCUT2D eigenvalue weighted by Crippen LogP contribution is -2.40. The van der Waals surface area contributed by atoms with Gasteiger partial charge in [-0.15, -0.1) is 0 Å². The van der Waals surface area contributed by atoms with Crippen LogP contribution in [0.3, 0.4) is 0 Å². The second kappa shape index (κ2) is 5.31. The fourth-order valence-electron chi connectivity index (χ4n) is 1.49. The van der Waals surface area contributed by atoms with Crippen molar-refractivity contribution in [1.82, 2.24) is 0 Å². The van der Waals surface area contributed by atoms with Gasteiger partial charge in [0.1, 0.15) is 12.4 Å². The maximum absolute atomic E-state index is 6.07. The fraction of sp³-hybridized carbons (Fsp3) is 0.625. The molecule has 2 N–H and O–H groups in total. The molecule has 102 valence electrons. The van der Waals surface area contributed by atoms with Crippen molar-refractivity contribution in [2.75, 3.05) is 6.61 Å². The van der Waals surface area contributed by atoms with Gasteiger partial charge in [-0.2, -0.15) is 0 Å². The largest absolute Gasteiger partial charge is 0.492 e. The molecule has 0 aliphatic carbocycles. The van der Waals surface area contributed by atoms with Crippen LogP contribution in [0, 0.1) is 5.41 Å². The first-order valence-electron chi connectivity index (χ1n) is 6.59. The highest BCUT2D eigenvalue weighted by molar-refractivity contribution is 5.31. The standard InChI is InChI=1S/C16H27NO/c1-15(2,3)12-7-9-13(10-8-12)18-11-14(17)16(4,5)6/h7-10,14H,11,17H2,1-6H3. The molecule has 1 atom stereocenters. The highest BCUT2D eigenvalue weighted by Gasteiger charge is 2.21. The first-order valence-corrected chi connectivity index (χ1v) is 6.59. The van der Waals surface area contributed by atoms with Crippen LogP contribution in [0.4, 0.5) is 0 Å². The van der Waals surface area contributed by atoms with Gasteiger partial charge in [0.15, 0.2) is 0 Å². The van der Waals surface area contributed by atoms with E-state index in [-0.39, 0.29) is 16.9 Å². The van der Waals surface area contributed by atoms with E-state index in [1.54, 1.807) is 0 Å². The molecule has 0 saturated carbocycles. The molecule has 0 aliphatic heterocycles. The predicted octanol–water partition coefficient (Wildman–Crippen LogP) is 3.74. The smallest absolute Gasteiger partial charge is 0.119 e. The van der Waals surface area contributed by atoms with Crippen molar-refractivity contribution in [3.8, 4) is 5.75 Å². The van der Waals surface area contributed by atoms with Gasteiger partial charge < -0.3 is 10.5 Å². The van der Waals surface area contributed by atoms with E-state index in [0.717, 1.165) is 5.75 Å². The molecule has 0 aliphatic rings. The molecule has 2 heteroatoms. The third-order valence-electron chi connectivity index (χ3n) is 3.26. The van der Waals surface area contributed by atoms with Gasteiger partial charge in [0.2, 0.25) is 0 Å². The first-order chi connectivity index (χ1) is 8.10. The third-order valence-corrected chi connectivity index (χ3v) is 3.26. The zero-order chi connectivity index (χ0) is 14.0. The Bertz CT molecular complexity index is 368. The van der Waals surface area contributed by atoms with Crippen molar-refractivity contribution in [2.45, 2.75) is 53.0 Å². The van der Waals surface area contributed by atoms with E-state index in [9.17, 15) is 0 Å². The summed E-state index contributed by atoms with van der Waals surface area (Å²) in [7, 11) is 0. The molecule has 1 aromatic carbocycles. The van der Waals surface area contributed by atoms with Crippen LogP contribution in [0.2, 0.25) is 0 Å². The van der Waals surface area contributed by atoms with Gasteiger partial charge in [-0.25, -0.2) is 0 Å². The molecule has 1 rings (SSSR count). The average Bonchev–Trinajstić information content (AvgIpc) is 2.24. The Labute approximate surface area is 112 Å². The quantitative estimate of drug-likeness (QED) is 0.885. The van der Waals surface area contributed by atoms with E-state index in [1.165, 1.54) is 5.56 Å². The van der Waals surface area contributed by atoms with Crippen molar-refractivity contribution in [1.29, 1.82) is 0 Å². The fourth-order valence-corrected chi connectivity index (χ4v) is 1.49. The molecule has 0 radical (unpaired) electrons. The normalized spacial score (nSPS) is 14.4. The molecule has 0 bridgehead atoms. The van der Waals surface area contributed by atoms with Gasteiger partial charge in [-0.3, -0.25) is 0 Å². The zero-order valence-corrected chi connectivity index (χ0v) is 12.6. The Morgan fingerprint density at radius 3 is 1.89 bits per heavy atom. The number of hydrogen-bond acceptors (Lipinski definition) is 2. The lowest BCUT2D eigenvalue weighted by Gasteiger charge is -2.27. The molecule has 2 nitrogen and oxygen atoms in total. The van der Waals surface area contributed by atoms with Gasteiger partial charge in [-0.05, 0) is 28.5 Å². The number of nitrogens with two attached hydrogens (primary N) is 1.